The van der Waals surface area contributed by atoms with E-state index in [0.29, 0.717) is 0 Å². The van der Waals surface area contributed by atoms with Crippen molar-refractivity contribution in [2.45, 2.75) is 26.8 Å². The Morgan fingerprint density at radius 3 is 2.08 bits per heavy atom. The molecule has 1 radical (unpaired) electrons. The Hall–Kier alpha value is -1.26. The van der Waals surface area contributed by atoms with Crippen LogP contribution in [0.25, 0.3) is 0 Å². The van der Waals surface area contributed by atoms with Crippen LogP contribution in [0.5, 0.6) is 0 Å². The number of carbonyl (C=O) groups is 2. The molecule has 0 aliphatic rings. The second kappa shape index (κ2) is 4.11. The van der Waals surface area contributed by atoms with Crippen molar-refractivity contribution < 1.29 is 14.3 Å². The minimum Gasteiger partial charge on any atom is -0.453 e. The van der Waals surface area contributed by atoms with Gasteiger partial charge in [-0.25, -0.2) is 4.79 Å². The maximum Gasteiger partial charge on any atom is 0.407 e. The van der Waals surface area contributed by atoms with E-state index in [0.717, 1.165) is 0 Å². The molecule has 0 heterocycles. The van der Waals surface area contributed by atoms with Crippen LogP contribution in [-0.4, -0.2) is 25.2 Å². The minimum absolute atomic E-state index is 0.479. The third-order valence-corrected chi connectivity index (χ3v) is 1.58. The van der Waals surface area contributed by atoms with E-state index in [9.17, 15) is 9.59 Å². The molecule has 0 aromatic rings. The van der Waals surface area contributed by atoms with E-state index in [2.05, 4.69) is 10.1 Å². The van der Waals surface area contributed by atoms with Gasteiger partial charge in [0.25, 0.3) is 5.91 Å². The topological polar surface area (TPSA) is 79.2 Å². The predicted octanol–water partition coefficient (Wildman–Crippen LogP) is 0.567. The molecule has 1 atom stereocenters. The van der Waals surface area contributed by atoms with Gasteiger partial charge in [0.2, 0.25) is 0 Å². The number of methoxy groups -OCH3 is 1. The first-order valence-corrected chi connectivity index (χ1v) is 3.89. The van der Waals surface area contributed by atoms with Crippen LogP contribution in [0.15, 0.2) is 0 Å². The number of ether oxygens (including phenoxy) is 1. The van der Waals surface area contributed by atoms with Gasteiger partial charge in [-0.2, -0.15) is 0 Å². The van der Waals surface area contributed by atoms with Crippen LogP contribution in [0.2, 0.25) is 0 Å². The summed E-state index contributed by atoms with van der Waals surface area (Å²) >= 11 is 0. The van der Waals surface area contributed by atoms with Crippen LogP contribution in [-0.2, 0) is 9.53 Å². The second-order valence-corrected chi connectivity index (χ2v) is 3.80. The molecule has 0 aliphatic heterocycles. The summed E-state index contributed by atoms with van der Waals surface area (Å²) in [5.41, 5.74) is 6.47. The Morgan fingerprint density at radius 2 is 1.85 bits per heavy atom. The van der Waals surface area contributed by atoms with Crippen molar-refractivity contribution in [3.63, 3.8) is 0 Å². The Morgan fingerprint density at radius 1 is 1.38 bits per heavy atom. The van der Waals surface area contributed by atoms with Crippen molar-refractivity contribution in [3.8, 4) is 0 Å². The van der Waals surface area contributed by atoms with Gasteiger partial charge in [-0.05, 0) is 5.41 Å². The highest BCUT2D eigenvalue weighted by molar-refractivity contribution is 5.84. The molecule has 2 N–H and O–H groups in total. The number of alkyl carbamates (subject to hydrolysis) is 1. The van der Waals surface area contributed by atoms with Gasteiger partial charge in [-0.3, -0.25) is 10.5 Å². The lowest BCUT2D eigenvalue weighted by atomic mass is 9.86. The zero-order valence-corrected chi connectivity index (χ0v) is 8.30. The Kier molecular flexibility index (Phi) is 3.71. The third kappa shape index (κ3) is 3.78. The molecule has 2 amide bonds. The molecule has 75 valence electrons. The fourth-order valence-electron chi connectivity index (χ4n) is 0.852. The lowest BCUT2D eigenvalue weighted by molar-refractivity contribution is -0.122. The van der Waals surface area contributed by atoms with Crippen LogP contribution in [0, 0.1) is 5.41 Å². The van der Waals surface area contributed by atoms with E-state index in [1.165, 1.54) is 7.11 Å². The maximum absolute atomic E-state index is 10.8. The van der Waals surface area contributed by atoms with Crippen LogP contribution < -0.4 is 11.1 Å². The SMILES string of the molecule is COC(=O)NC(C([NH])=O)C(C)(C)C. The summed E-state index contributed by atoms with van der Waals surface area (Å²) in [4.78, 5) is 21.6. The van der Waals surface area contributed by atoms with Crippen molar-refractivity contribution in [1.29, 1.82) is 0 Å². The summed E-state index contributed by atoms with van der Waals surface area (Å²) in [6.07, 6.45) is -0.694. The molecule has 0 aromatic carbocycles. The zero-order valence-electron chi connectivity index (χ0n) is 8.30. The van der Waals surface area contributed by atoms with Gasteiger partial charge in [0.05, 0.1) is 7.11 Å². The van der Waals surface area contributed by atoms with Gasteiger partial charge in [0, 0.05) is 0 Å². The van der Waals surface area contributed by atoms with Crippen molar-refractivity contribution >= 4 is 12.0 Å². The van der Waals surface area contributed by atoms with E-state index in [-0.39, 0.29) is 0 Å². The third-order valence-electron chi connectivity index (χ3n) is 1.58. The van der Waals surface area contributed by atoms with E-state index in [1.54, 1.807) is 20.8 Å². The number of rotatable bonds is 2. The van der Waals surface area contributed by atoms with Crippen LogP contribution in [0.3, 0.4) is 0 Å². The zero-order chi connectivity index (χ0) is 10.6. The lowest BCUT2D eigenvalue weighted by Crippen LogP contribution is -2.49. The average molecular weight is 187 g/mol. The van der Waals surface area contributed by atoms with Gasteiger partial charge in [0.15, 0.2) is 0 Å². The highest BCUT2D eigenvalue weighted by atomic mass is 16.5. The molecule has 1 unspecified atom stereocenters. The van der Waals surface area contributed by atoms with Crippen LogP contribution in [0.4, 0.5) is 4.79 Å². The summed E-state index contributed by atoms with van der Waals surface area (Å²) in [6.45, 7) is 5.29. The normalized spacial score (nSPS) is 13.2. The molecule has 0 rings (SSSR count). The molecule has 0 saturated heterocycles. The van der Waals surface area contributed by atoms with Crippen molar-refractivity contribution in [1.82, 2.24) is 11.1 Å². The van der Waals surface area contributed by atoms with E-state index in [4.69, 9.17) is 5.73 Å². The first-order chi connectivity index (χ1) is 5.79. The van der Waals surface area contributed by atoms with E-state index >= 15 is 0 Å². The molecule has 5 nitrogen and oxygen atoms in total. The first-order valence-electron chi connectivity index (χ1n) is 3.89. The second-order valence-electron chi connectivity index (χ2n) is 3.80. The first kappa shape index (κ1) is 11.7. The average Bonchev–Trinajstić information content (AvgIpc) is 1.96. The fourth-order valence-corrected chi connectivity index (χ4v) is 0.852. The highest BCUT2D eigenvalue weighted by Gasteiger charge is 2.31. The smallest absolute Gasteiger partial charge is 0.407 e. The van der Waals surface area contributed by atoms with Gasteiger partial charge in [-0.1, -0.05) is 20.8 Å². The van der Waals surface area contributed by atoms with Crippen molar-refractivity contribution in [2.24, 2.45) is 5.41 Å². The molecule has 0 aliphatic carbocycles. The van der Waals surface area contributed by atoms with Gasteiger partial charge in [0.1, 0.15) is 6.04 Å². The summed E-state index contributed by atoms with van der Waals surface area (Å²) in [7, 11) is 1.21. The number of hydrogen-bond acceptors (Lipinski definition) is 3. The molecule has 13 heavy (non-hydrogen) atoms. The van der Waals surface area contributed by atoms with Gasteiger partial charge >= 0.3 is 6.09 Å². The van der Waals surface area contributed by atoms with E-state index in [1.807, 2.05) is 0 Å². The Balaban J connectivity index is 4.46. The van der Waals surface area contributed by atoms with Crippen LogP contribution >= 0.6 is 0 Å². The minimum atomic E-state index is -0.833. The highest BCUT2D eigenvalue weighted by Crippen LogP contribution is 2.19. The van der Waals surface area contributed by atoms with Crippen molar-refractivity contribution in [3.05, 3.63) is 0 Å². The monoisotopic (exact) mass is 187 g/mol. The quantitative estimate of drug-likeness (QED) is 0.686. The number of hydrogen-bond donors (Lipinski definition) is 1. The molecule has 0 fully saturated rings. The molecule has 0 saturated carbocycles. The summed E-state index contributed by atoms with van der Waals surface area (Å²) < 4.78 is 4.34. The molecule has 0 spiro atoms. The molecular weight excluding hydrogens is 172 g/mol. The summed E-state index contributed by atoms with van der Waals surface area (Å²) in [6, 6.07) is -0.833. The molecule has 0 bridgehead atoms. The number of carbonyl (C=O) groups excluding carboxylic acids is 2. The van der Waals surface area contributed by atoms with Crippen molar-refractivity contribution in [2.75, 3.05) is 7.11 Å². The number of amides is 2. The maximum atomic E-state index is 10.8. The van der Waals surface area contributed by atoms with Gasteiger partial charge < -0.3 is 10.1 Å². The fraction of sp³-hybridized carbons (Fsp3) is 0.750. The molecular formula is C8H15N2O3. The Bertz CT molecular complexity index is 208. The molecule has 0 aromatic heterocycles. The van der Waals surface area contributed by atoms with Crippen LogP contribution in [0.1, 0.15) is 20.8 Å². The summed E-state index contributed by atoms with van der Waals surface area (Å²) in [5.74, 6) is -0.821. The lowest BCUT2D eigenvalue weighted by Gasteiger charge is -2.27. The standard InChI is InChI=1S/C8H15N2O3/c1-8(2,3)5(6(9)11)10-7(12)13-4/h5,9H,1-4H3,(H,10,12). The predicted molar refractivity (Wildman–Crippen MR) is 46.9 cm³/mol. The van der Waals surface area contributed by atoms with Gasteiger partial charge in [-0.15, -0.1) is 0 Å². The van der Waals surface area contributed by atoms with E-state index < -0.39 is 23.5 Å². The summed E-state index contributed by atoms with van der Waals surface area (Å²) in [5, 5.41) is 2.31. The largest absolute Gasteiger partial charge is 0.453 e. The number of nitrogens with one attached hydrogen (secondary N) is 2. The molecule has 5 heteroatoms. The Labute approximate surface area is 77.6 Å².